The number of rotatable bonds is 6. The van der Waals surface area contributed by atoms with E-state index in [9.17, 15) is 13.6 Å². The number of hydrogen-bond donors (Lipinski definition) is 0. The molecule has 158 valence electrons. The van der Waals surface area contributed by atoms with Gasteiger partial charge < -0.3 is 14.1 Å². The van der Waals surface area contributed by atoms with Crippen LogP contribution < -0.4 is 0 Å². The summed E-state index contributed by atoms with van der Waals surface area (Å²) in [5.41, 5.74) is 1.81. The Labute approximate surface area is 172 Å². The number of hydrogen-bond acceptors (Lipinski definition) is 5. The maximum Gasteiger partial charge on any atom is 0.282 e. The van der Waals surface area contributed by atoms with E-state index in [1.807, 2.05) is 30.3 Å². The van der Waals surface area contributed by atoms with Gasteiger partial charge in [0.15, 0.2) is 6.10 Å². The van der Waals surface area contributed by atoms with Crippen molar-refractivity contribution in [1.29, 1.82) is 0 Å². The van der Waals surface area contributed by atoms with Gasteiger partial charge in [-0.1, -0.05) is 30.3 Å². The number of halogens is 2. The molecule has 9 heteroatoms. The molecule has 0 bridgehead atoms. The highest BCUT2D eigenvalue weighted by Crippen LogP contribution is 2.29. The monoisotopic (exact) mass is 416 g/mol. The second kappa shape index (κ2) is 8.35. The molecule has 0 saturated heterocycles. The van der Waals surface area contributed by atoms with E-state index in [0.717, 1.165) is 11.3 Å². The first-order chi connectivity index (χ1) is 14.5. The van der Waals surface area contributed by atoms with Crippen molar-refractivity contribution in [2.75, 3.05) is 13.7 Å². The van der Waals surface area contributed by atoms with Crippen LogP contribution in [0.5, 0.6) is 0 Å². The van der Waals surface area contributed by atoms with Gasteiger partial charge in [0.1, 0.15) is 23.7 Å². The molecule has 0 N–H and O–H groups in total. The molecule has 1 aliphatic rings. The molecule has 1 atom stereocenters. The van der Waals surface area contributed by atoms with Gasteiger partial charge in [-0.3, -0.25) is 9.48 Å². The molecule has 1 aliphatic heterocycles. The highest BCUT2D eigenvalue weighted by atomic mass is 19.3. The van der Waals surface area contributed by atoms with Crippen molar-refractivity contribution >= 4 is 5.91 Å². The lowest BCUT2D eigenvalue weighted by Gasteiger charge is -2.25. The van der Waals surface area contributed by atoms with Gasteiger partial charge in [0.25, 0.3) is 6.43 Å². The Hall–Kier alpha value is -3.07. The molecule has 0 saturated carbocycles. The van der Waals surface area contributed by atoms with Crippen LogP contribution in [0.25, 0.3) is 0 Å². The molecule has 0 radical (unpaired) electrons. The highest BCUT2D eigenvalue weighted by Gasteiger charge is 2.29. The molecule has 1 amide bonds. The second-order valence-electron chi connectivity index (χ2n) is 7.18. The zero-order valence-corrected chi connectivity index (χ0v) is 16.7. The molecule has 3 aromatic rings. The summed E-state index contributed by atoms with van der Waals surface area (Å²) in [4.78, 5) is 18.9. The zero-order chi connectivity index (χ0) is 21.3. The molecule has 2 aromatic heterocycles. The third-order valence-electron chi connectivity index (χ3n) is 5.17. The SMILES string of the molecule is COC(c1ccccc1)c1nc2c(o1)CCN(C(=O)Cn1nc(C(F)F)cc1C)C2. The maximum atomic E-state index is 12.8. The van der Waals surface area contributed by atoms with Crippen molar-refractivity contribution in [2.45, 2.75) is 39.0 Å². The van der Waals surface area contributed by atoms with E-state index in [2.05, 4.69) is 10.1 Å². The molecular formula is C21H22F2N4O3. The zero-order valence-electron chi connectivity index (χ0n) is 16.7. The Bertz CT molecular complexity index is 1030. The highest BCUT2D eigenvalue weighted by molar-refractivity contribution is 5.76. The average Bonchev–Trinajstić information content (AvgIpc) is 3.32. The van der Waals surface area contributed by atoms with Crippen molar-refractivity contribution in [2.24, 2.45) is 0 Å². The number of aryl methyl sites for hydroxylation is 1. The quantitative estimate of drug-likeness (QED) is 0.616. The van der Waals surface area contributed by atoms with Crippen LogP contribution >= 0.6 is 0 Å². The van der Waals surface area contributed by atoms with Crippen molar-refractivity contribution in [3.63, 3.8) is 0 Å². The number of fused-ring (bicyclic) bond motifs is 1. The summed E-state index contributed by atoms with van der Waals surface area (Å²) in [7, 11) is 1.59. The summed E-state index contributed by atoms with van der Waals surface area (Å²) in [6, 6.07) is 10.9. The van der Waals surface area contributed by atoms with Crippen LogP contribution in [-0.4, -0.2) is 39.2 Å². The largest absolute Gasteiger partial charge is 0.442 e. The fourth-order valence-electron chi connectivity index (χ4n) is 3.58. The third-order valence-corrected chi connectivity index (χ3v) is 5.17. The summed E-state index contributed by atoms with van der Waals surface area (Å²) < 4.78 is 38.5. The molecule has 7 nitrogen and oxygen atoms in total. The summed E-state index contributed by atoms with van der Waals surface area (Å²) >= 11 is 0. The van der Waals surface area contributed by atoms with Crippen molar-refractivity contribution in [1.82, 2.24) is 19.7 Å². The van der Waals surface area contributed by atoms with Crippen LogP contribution in [0.2, 0.25) is 0 Å². The maximum absolute atomic E-state index is 12.8. The first kappa shape index (κ1) is 20.2. The molecule has 30 heavy (non-hydrogen) atoms. The number of alkyl halides is 2. The van der Waals surface area contributed by atoms with Crippen LogP contribution in [0.15, 0.2) is 40.8 Å². The fraction of sp³-hybridized carbons (Fsp3) is 0.381. The van der Waals surface area contributed by atoms with E-state index in [4.69, 9.17) is 9.15 Å². The molecule has 3 heterocycles. The van der Waals surface area contributed by atoms with E-state index in [-0.39, 0.29) is 18.1 Å². The van der Waals surface area contributed by atoms with E-state index in [0.29, 0.717) is 36.8 Å². The number of carbonyl (C=O) groups is 1. The van der Waals surface area contributed by atoms with Crippen molar-refractivity contribution in [3.05, 3.63) is 70.7 Å². The summed E-state index contributed by atoms with van der Waals surface area (Å²) in [5.74, 6) is 0.985. The van der Waals surface area contributed by atoms with Crippen molar-refractivity contribution < 1.29 is 22.7 Å². The Morgan fingerprint density at radius 1 is 1.30 bits per heavy atom. The number of oxazole rings is 1. The van der Waals surface area contributed by atoms with E-state index < -0.39 is 12.5 Å². The number of benzene rings is 1. The summed E-state index contributed by atoms with van der Waals surface area (Å²) in [6.07, 6.45) is -2.57. The number of aromatic nitrogens is 3. The minimum absolute atomic E-state index is 0.0939. The lowest BCUT2D eigenvalue weighted by Crippen LogP contribution is -2.38. The minimum Gasteiger partial charge on any atom is -0.442 e. The van der Waals surface area contributed by atoms with Gasteiger partial charge in [0, 0.05) is 25.8 Å². The molecule has 4 rings (SSSR count). The lowest BCUT2D eigenvalue weighted by atomic mass is 10.1. The van der Waals surface area contributed by atoms with E-state index in [1.54, 1.807) is 18.9 Å². The number of methoxy groups -OCH3 is 1. The fourth-order valence-corrected chi connectivity index (χ4v) is 3.58. The number of nitrogens with zero attached hydrogens (tertiary/aromatic N) is 4. The molecular weight excluding hydrogens is 394 g/mol. The predicted molar refractivity (Wildman–Crippen MR) is 103 cm³/mol. The number of ether oxygens (including phenoxy) is 1. The minimum atomic E-state index is -2.66. The summed E-state index contributed by atoms with van der Waals surface area (Å²) in [5, 5.41) is 3.83. The molecule has 0 aliphatic carbocycles. The van der Waals surface area contributed by atoms with Crippen LogP contribution in [0.4, 0.5) is 8.78 Å². The van der Waals surface area contributed by atoms with Crippen molar-refractivity contribution in [3.8, 4) is 0 Å². The molecule has 1 unspecified atom stereocenters. The van der Waals surface area contributed by atoms with E-state index >= 15 is 0 Å². The molecule has 0 fully saturated rings. The Morgan fingerprint density at radius 3 is 2.73 bits per heavy atom. The predicted octanol–water partition coefficient (Wildman–Crippen LogP) is 3.44. The van der Waals surface area contributed by atoms with Gasteiger partial charge in [-0.05, 0) is 18.6 Å². The van der Waals surface area contributed by atoms with Crippen LogP contribution in [0, 0.1) is 6.92 Å². The van der Waals surface area contributed by atoms with Crippen LogP contribution in [0.1, 0.15) is 46.8 Å². The van der Waals surface area contributed by atoms with Crippen LogP contribution in [-0.2, 0) is 29.0 Å². The summed E-state index contributed by atoms with van der Waals surface area (Å²) in [6.45, 7) is 2.32. The van der Waals surface area contributed by atoms with Gasteiger partial charge >= 0.3 is 0 Å². The first-order valence-electron chi connectivity index (χ1n) is 9.62. The van der Waals surface area contributed by atoms with Gasteiger partial charge in [-0.25, -0.2) is 13.8 Å². The molecule has 0 spiro atoms. The topological polar surface area (TPSA) is 73.4 Å². The normalized spacial score (nSPS) is 14.8. The van der Waals surface area contributed by atoms with Gasteiger partial charge in [-0.15, -0.1) is 0 Å². The Kier molecular flexibility index (Phi) is 5.63. The number of amides is 1. The van der Waals surface area contributed by atoms with E-state index in [1.165, 1.54) is 10.7 Å². The smallest absolute Gasteiger partial charge is 0.282 e. The third kappa shape index (κ3) is 3.97. The van der Waals surface area contributed by atoms with Gasteiger partial charge in [0.05, 0.1) is 6.54 Å². The first-order valence-corrected chi connectivity index (χ1v) is 9.62. The number of carbonyl (C=O) groups excluding carboxylic acids is 1. The second-order valence-corrected chi connectivity index (χ2v) is 7.18. The molecule has 1 aromatic carbocycles. The standard InChI is InChI=1S/C21H22F2N4O3/c1-13-10-15(20(22)23)25-27(13)12-18(28)26-9-8-17-16(11-26)24-21(30-17)19(29-2)14-6-4-3-5-7-14/h3-7,10,19-20H,8-9,11-12H2,1-2H3. The average molecular weight is 416 g/mol. The Balaban J connectivity index is 1.48. The van der Waals surface area contributed by atoms with Gasteiger partial charge in [-0.2, -0.15) is 5.10 Å². The lowest BCUT2D eigenvalue weighted by molar-refractivity contribution is -0.133. The Morgan fingerprint density at radius 2 is 2.07 bits per heavy atom. The van der Waals surface area contributed by atoms with Gasteiger partial charge in [0.2, 0.25) is 11.8 Å². The van der Waals surface area contributed by atoms with Crippen LogP contribution in [0.3, 0.4) is 0 Å².